The van der Waals surface area contributed by atoms with E-state index in [0.29, 0.717) is 12.1 Å². The van der Waals surface area contributed by atoms with Crippen molar-refractivity contribution >= 4 is 18.0 Å². The number of nitrogens with one attached hydrogen (secondary N) is 1. The highest BCUT2D eigenvalue weighted by molar-refractivity contribution is 6.01. The molecular formula is C14H14N2O3. The van der Waals surface area contributed by atoms with Gasteiger partial charge in [0.2, 0.25) is 0 Å². The van der Waals surface area contributed by atoms with E-state index in [1.54, 1.807) is 12.1 Å². The van der Waals surface area contributed by atoms with Crippen molar-refractivity contribution in [3.05, 3.63) is 41.0 Å². The summed E-state index contributed by atoms with van der Waals surface area (Å²) in [6, 6.07) is 7.78. The fraction of sp³-hybridized carbons (Fsp3) is 0.214. The fourth-order valence-electron chi connectivity index (χ4n) is 1.37. The lowest BCUT2D eigenvalue weighted by Gasteiger charge is -2.02. The molecule has 19 heavy (non-hydrogen) atoms. The van der Waals surface area contributed by atoms with Crippen LogP contribution in [0.15, 0.2) is 29.8 Å². The average molecular weight is 258 g/mol. The zero-order chi connectivity index (χ0) is 14.3. The van der Waals surface area contributed by atoms with E-state index >= 15 is 0 Å². The van der Waals surface area contributed by atoms with Crippen LogP contribution in [-0.2, 0) is 4.79 Å². The summed E-state index contributed by atoms with van der Waals surface area (Å²) in [4.78, 5) is 22.3. The Morgan fingerprint density at radius 3 is 2.47 bits per heavy atom. The maximum absolute atomic E-state index is 11.6. The van der Waals surface area contributed by atoms with E-state index in [2.05, 4.69) is 5.32 Å². The van der Waals surface area contributed by atoms with E-state index in [4.69, 9.17) is 10.4 Å². The van der Waals surface area contributed by atoms with Crippen LogP contribution in [0.25, 0.3) is 6.08 Å². The zero-order valence-electron chi connectivity index (χ0n) is 10.5. The molecule has 5 nitrogen and oxygen atoms in total. The van der Waals surface area contributed by atoms with E-state index < -0.39 is 11.9 Å². The second-order valence-corrected chi connectivity index (χ2v) is 3.85. The van der Waals surface area contributed by atoms with Gasteiger partial charge in [-0.3, -0.25) is 4.79 Å². The topological polar surface area (TPSA) is 90.2 Å². The smallest absolute Gasteiger partial charge is 0.335 e. The quantitative estimate of drug-likeness (QED) is 0.622. The number of nitrogens with zero attached hydrogens (tertiary/aromatic N) is 1. The first-order valence-corrected chi connectivity index (χ1v) is 5.81. The molecule has 1 aromatic rings. The van der Waals surface area contributed by atoms with Crippen molar-refractivity contribution in [2.24, 2.45) is 0 Å². The first kappa shape index (κ1) is 14.5. The number of carboxylic acids is 1. The third-order valence-electron chi connectivity index (χ3n) is 2.37. The largest absolute Gasteiger partial charge is 0.478 e. The van der Waals surface area contributed by atoms with Crippen molar-refractivity contribution in [3.63, 3.8) is 0 Å². The molecule has 0 bridgehead atoms. The van der Waals surface area contributed by atoms with Gasteiger partial charge in [-0.1, -0.05) is 19.1 Å². The number of aromatic carboxylic acids is 1. The normalized spacial score (nSPS) is 10.6. The Hall–Kier alpha value is -2.61. The molecule has 0 unspecified atom stereocenters. The fourth-order valence-corrected chi connectivity index (χ4v) is 1.37. The third-order valence-corrected chi connectivity index (χ3v) is 2.37. The Balaban J connectivity index is 2.89. The number of nitriles is 1. The summed E-state index contributed by atoms with van der Waals surface area (Å²) in [5, 5.41) is 20.3. The Bertz CT molecular complexity index is 539. The number of rotatable bonds is 5. The van der Waals surface area contributed by atoms with E-state index in [0.717, 1.165) is 6.42 Å². The summed E-state index contributed by atoms with van der Waals surface area (Å²) in [5.41, 5.74) is 0.760. The van der Waals surface area contributed by atoms with Crippen molar-refractivity contribution in [1.29, 1.82) is 5.26 Å². The SMILES string of the molecule is CCCNC(=O)/C(C#N)=C/c1ccc(C(=O)O)cc1. The van der Waals surface area contributed by atoms with Gasteiger partial charge < -0.3 is 10.4 Å². The molecule has 0 aliphatic rings. The number of carbonyl (C=O) groups excluding carboxylic acids is 1. The van der Waals surface area contributed by atoms with Crippen LogP contribution in [0, 0.1) is 11.3 Å². The van der Waals surface area contributed by atoms with Crippen LogP contribution in [0.1, 0.15) is 29.3 Å². The molecule has 2 N–H and O–H groups in total. The van der Waals surface area contributed by atoms with Gasteiger partial charge in [0.25, 0.3) is 5.91 Å². The highest BCUT2D eigenvalue weighted by Gasteiger charge is 2.08. The molecule has 98 valence electrons. The van der Waals surface area contributed by atoms with Gasteiger partial charge in [-0.2, -0.15) is 5.26 Å². The van der Waals surface area contributed by atoms with Crippen LogP contribution in [-0.4, -0.2) is 23.5 Å². The molecular weight excluding hydrogens is 244 g/mol. The van der Waals surface area contributed by atoms with Gasteiger partial charge in [-0.15, -0.1) is 0 Å². The van der Waals surface area contributed by atoms with E-state index in [9.17, 15) is 9.59 Å². The molecule has 1 aromatic carbocycles. The van der Waals surface area contributed by atoms with Gasteiger partial charge in [-0.05, 0) is 30.2 Å². The van der Waals surface area contributed by atoms with Crippen LogP contribution < -0.4 is 5.32 Å². The van der Waals surface area contributed by atoms with Gasteiger partial charge in [0.15, 0.2) is 0 Å². The van der Waals surface area contributed by atoms with Crippen molar-refractivity contribution in [3.8, 4) is 6.07 Å². The molecule has 0 aliphatic carbocycles. The summed E-state index contributed by atoms with van der Waals surface area (Å²) in [6.07, 6.45) is 2.22. The molecule has 0 spiro atoms. The molecule has 0 saturated heterocycles. The van der Waals surface area contributed by atoms with Crippen LogP contribution in [0.2, 0.25) is 0 Å². The van der Waals surface area contributed by atoms with Gasteiger partial charge >= 0.3 is 5.97 Å². The summed E-state index contributed by atoms with van der Waals surface area (Å²) < 4.78 is 0. The number of hydrogen-bond donors (Lipinski definition) is 2. The minimum atomic E-state index is -1.02. The predicted molar refractivity (Wildman–Crippen MR) is 70.3 cm³/mol. The Kier molecular flexibility index (Phi) is 5.30. The molecule has 1 amide bonds. The van der Waals surface area contributed by atoms with Crippen molar-refractivity contribution in [2.45, 2.75) is 13.3 Å². The van der Waals surface area contributed by atoms with E-state index in [1.165, 1.54) is 18.2 Å². The molecule has 0 fully saturated rings. The number of carbonyl (C=O) groups is 2. The second kappa shape index (κ2) is 6.97. The molecule has 0 aromatic heterocycles. The number of benzene rings is 1. The molecule has 0 aliphatic heterocycles. The lowest BCUT2D eigenvalue weighted by atomic mass is 10.1. The first-order chi connectivity index (χ1) is 9.08. The Labute approximate surface area is 111 Å². The van der Waals surface area contributed by atoms with Gasteiger partial charge in [0.1, 0.15) is 11.6 Å². The lowest BCUT2D eigenvalue weighted by molar-refractivity contribution is -0.117. The number of hydrogen-bond acceptors (Lipinski definition) is 3. The van der Waals surface area contributed by atoms with Gasteiger partial charge in [0, 0.05) is 6.54 Å². The van der Waals surface area contributed by atoms with Crippen molar-refractivity contribution in [1.82, 2.24) is 5.32 Å². The van der Waals surface area contributed by atoms with Crippen molar-refractivity contribution < 1.29 is 14.7 Å². The zero-order valence-corrected chi connectivity index (χ0v) is 10.5. The number of amides is 1. The van der Waals surface area contributed by atoms with Crippen molar-refractivity contribution in [2.75, 3.05) is 6.54 Å². The highest BCUT2D eigenvalue weighted by atomic mass is 16.4. The average Bonchev–Trinajstić information content (AvgIpc) is 2.42. The maximum atomic E-state index is 11.6. The summed E-state index contributed by atoms with van der Waals surface area (Å²) in [6.45, 7) is 2.43. The minimum Gasteiger partial charge on any atom is -0.478 e. The van der Waals surface area contributed by atoms with Crippen LogP contribution >= 0.6 is 0 Å². The second-order valence-electron chi connectivity index (χ2n) is 3.85. The Morgan fingerprint density at radius 2 is 2.00 bits per heavy atom. The standard InChI is InChI=1S/C14H14N2O3/c1-2-7-16-13(17)12(9-15)8-10-3-5-11(6-4-10)14(18)19/h3-6,8H,2,7H2,1H3,(H,16,17)(H,18,19)/b12-8+. The van der Waals surface area contributed by atoms with Crippen LogP contribution in [0.4, 0.5) is 0 Å². The summed E-state index contributed by atoms with van der Waals surface area (Å²) >= 11 is 0. The first-order valence-electron chi connectivity index (χ1n) is 5.81. The van der Waals surface area contributed by atoms with Crippen LogP contribution in [0.5, 0.6) is 0 Å². The molecule has 0 radical (unpaired) electrons. The summed E-state index contributed by atoms with van der Waals surface area (Å²) in [5.74, 6) is -1.44. The monoisotopic (exact) mass is 258 g/mol. The third kappa shape index (κ3) is 4.28. The summed E-state index contributed by atoms with van der Waals surface area (Å²) in [7, 11) is 0. The molecule has 5 heteroatoms. The maximum Gasteiger partial charge on any atom is 0.335 e. The van der Waals surface area contributed by atoms with E-state index in [1.807, 2.05) is 13.0 Å². The molecule has 0 atom stereocenters. The van der Waals surface area contributed by atoms with Crippen LogP contribution in [0.3, 0.4) is 0 Å². The Morgan fingerprint density at radius 1 is 1.37 bits per heavy atom. The predicted octanol–water partition coefficient (Wildman–Crippen LogP) is 1.82. The van der Waals surface area contributed by atoms with E-state index in [-0.39, 0.29) is 11.1 Å². The highest BCUT2D eigenvalue weighted by Crippen LogP contribution is 2.09. The van der Waals surface area contributed by atoms with Gasteiger partial charge in [-0.25, -0.2) is 4.79 Å². The number of carboxylic acid groups (broad SMARTS) is 1. The molecule has 0 saturated carbocycles. The minimum absolute atomic E-state index is 0.00322. The lowest BCUT2D eigenvalue weighted by Crippen LogP contribution is -2.25. The molecule has 0 heterocycles. The van der Waals surface area contributed by atoms with Gasteiger partial charge in [0.05, 0.1) is 5.56 Å². The molecule has 1 rings (SSSR count).